The molecule has 2 aromatic rings. The van der Waals surface area contributed by atoms with Gasteiger partial charge in [0.1, 0.15) is 11.6 Å². The number of piperazine rings is 1. The van der Waals surface area contributed by atoms with Crippen molar-refractivity contribution in [1.82, 2.24) is 14.8 Å². The highest BCUT2D eigenvalue weighted by atomic mass is 19.1. The lowest BCUT2D eigenvalue weighted by atomic mass is 10.2. The zero-order valence-electron chi connectivity index (χ0n) is 14.4. The fourth-order valence-electron chi connectivity index (χ4n) is 2.96. The summed E-state index contributed by atoms with van der Waals surface area (Å²) >= 11 is 0. The van der Waals surface area contributed by atoms with E-state index in [0.717, 1.165) is 32.0 Å². The lowest BCUT2D eigenvalue weighted by molar-refractivity contribution is -0.131. The Morgan fingerprint density at radius 1 is 1.12 bits per heavy atom. The first kappa shape index (κ1) is 17.4. The third-order valence-corrected chi connectivity index (χ3v) is 4.50. The Balaban J connectivity index is 1.48. The van der Waals surface area contributed by atoms with Gasteiger partial charge in [-0.25, -0.2) is 9.37 Å². The highest BCUT2D eigenvalue weighted by molar-refractivity contribution is 5.78. The number of rotatable bonds is 5. The Kier molecular flexibility index (Phi) is 5.60. The van der Waals surface area contributed by atoms with Crippen LogP contribution in [0.2, 0.25) is 0 Å². The number of pyridine rings is 1. The van der Waals surface area contributed by atoms with Crippen LogP contribution in [0, 0.1) is 5.82 Å². The van der Waals surface area contributed by atoms with Crippen molar-refractivity contribution in [2.45, 2.75) is 6.54 Å². The molecule has 2 heterocycles. The molecule has 1 amide bonds. The second-order valence-corrected chi connectivity index (χ2v) is 6.29. The first-order valence-electron chi connectivity index (χ1n) is 8.49. The third-order valence-electron chi connectivity index (χ3n) is 4.50. The molecule has 0 atom stereocenters. The summed E-state index contributed by atoms with van der Waals surface area (Å²) in [6.45, 7) is 3.98. The van der Waals surface area contributed by atoms with Crippen molar-refractivity contribution in [1.29, 1.82) is 0 Å². The molecule has 0 spiro atoms. The Labute approximate surface area is 147 Å². The molecule has 132 valence electrons. The Hall–Kier alpha value is -2.47. The fraction of sp³-hybridized carbons (Fsp3) is 0.368. The summed E-state index contributed by atoms with van der Waals surface area (Å²) in [5.74, 6) is 0.714. The first-order chi connectivity index (χ1) is 12.1. The monoisotopic (exact) mass is 342 g/mol. The molecule has 0 bridgehead atoms. The van der Waals surface area contributed by atoms with Crippen molar-refractivity contribution < 1.29 is 9.18 Å². The zero-order chi connectivity index (χ0) is 17.6. The molecule has 1 aromatic carbocycles. The summed E-state index contributed by atoms with van der Waals surface area (Å²) in [7, 11) is 1.72. The maximum absolute atomic E-state index is 13.7. The second kappa shape index (κ2) is 8.07. The van der Waals surface area contributed by atoms with Crippen molar-refractivity contribution in [2.75, 3.05) is 44.7 Å². The van der Waals surface area contributed by atoms with Crippen LogP contribution in [0.25, 0.3) is 0 Å². The smallest absolute Gasteiger partial charge is 0.236 e. The van der Waals surface area contributed by atoms with Gasteiger partial charge in [0, 0.05) is 51.5 Å². The molecule has 0 saturated carbocycles. The van der Waals surface area contributed by atoms with Crippen molar-refractivity contribution in [2.24, 2.45) is 0 Å². The molecule has 0 aliphatic carbocycles. The van der Waals surface area contributed by atoms with Gasteiger partial charge in [-0.2, -0.15) is 0 Å². The van der Waals surface area contributed by atoms with Gasteiger partial charge in [-0.15, -0.1) is 0 Å². The first-order valence-corrected chi connectivity index (χ1v) is 8.49. The van der Waals surface area contributed by atoms with Gasteiger partial charge in [-0.3, -0.25) is 9.69 Å². The molecule has 25 heavy (non-hydrogen) atoms. The van der Waals surface area contributed by atoms with Crippen LogP contribution in [-0.2, 0) is 11.3 Å². The van der Waals surface area contributed by atoms with Crippen LogP contribution >= 0.6 is 0 Å². The third kappa shape index (κ3) is 4.54. The summed E-state index contributed by atoms with van der Waals surface area (Å²) in [5, 5.41) is 0. The van der Waals surface area contributed by atoms with E-state index in [1.165, 1.54) is 6.07 Å². The number of halogens is 1. The van der Waals surface area contributed by atoms with Crippen molar-refractivity contribution in [3.05, 3.63) is 60.0 Å². The number of hydrogen-bond donors (Lipinski definition) is 0. The number of anilines is 1. The SMILES string of the molecule is CN(Cc1ccccc1F)C(=O)CN1CCN(c2ccccn2)CC1. The minimum atomic E-state index is -0.272. The minimum Gasteiger partial charge on any atom is -0.354 e. The predicted molar refractivity (Wildman–Crippen MR) is 95.8 cm³/mol. The lowest BCUT2D eigenvalue weighted by Crippen LogP contribution is -2.49. The molecule has 1 aliphatic heterocycles. The molecule has 5 nitrogen and oxygen atoms in total. The number of amides is 1. The normalized spacial score (nSPS) is 15.2. The standard InChI is InChI=1S/C19H23FN4O/c1-22(14-16-6-2-3-7-17(16)20)19(25)15-23-10-12-24(13-11-23)18-8-4-5-9-21-18/h2-9H,10-15H2,1H3. The number of carbonyl (C=O) groups is 1. The van der Waals surface area contributed by atoms with Crippen molar-refractivity contribution >= 4 is 11.7 Å². The Morgan fingerprint density at radius 3 is 2.52 bits per heavy atom. The average Bonchev–Trinajstić information content (AvgIpc) is 2.65. The number of hydrogen-bond acceptors (Lipinski definition) is 4. The van der Waals surface area contributed by atoms with Crippen LogP contribution in [0.15, 0.2) is 48.7 Å². The van der Waals surface area contributed by atoms with E-state index in [2.05, 4.69) is 14.8 Å². The Morgan fingerprint density at radius 2 is 1.84 bits per heavy atom. The van der Waals surface area contributed by atoms with Crippen LogP contribution < -0.4 is 4.90 Å². The fourth-order valence-corrected chi connectivity index (χ4v) is 2.96. The number of carbonyl (C=O) groups excluding carboxylic acids is 1. The molecule has 3 rings (SSSR count). The molecule has 1 aromatic heterocycles. The van der Waals surface area contributed by atoms with Crippen LogP contribution in [0.1, 0.15) is 5.56 Å². The van der Waals surface area contributed by atoms with Gasteiger partial charge in [0.25, 0.3) is 0 Å². The number of nitrogens with zero attached hydrogens (tertiary/aromatic N) is 4. The van der Waals surface area contributed by atoms with Crippen LogP contribution in [0.4, 0.5) is 10.2 Å². The van der Waals surface area contributed by atoms with Crippen molar-refractivity contribution in [3.63, 3.8) is 0 Å². The highest BCUT2D eigenvalue weighted by Gasteiger charge is 2.21. The van der Waals surface area contributed by atoms with Crippen LogP contribution in [-0.4, -0.2) is 60.5 Å². The van der Waals surface area contributed by atoms with Gasteiger partial charge >= 0.3 is 0 Å². The maximum atomic E-state index is 13.7. The van der Waals surface area contributed by atoms with Crippen LogP contribution in [0.5, 0.6) is 0 Å². The summed E-state index contributed by atoms with van der Waals surface area (Å²) in [6, 6.07) is 12.5. The number of likely N-dealkylation sites (N-methyl/N-ethyl adjacent to an activating group) is 1. The van der Waals surface area contributed by atoms with E-state index in [4.69, 9.17) is 0 Å². The van der Waals surface area contributed by atoms with E-state index < -0.39 is 0 Å². The maximum Gasteiger partial charge on any atom is 0.236 e. The minimum absolute atomic E-state index is 0.00883. The summed E-state index contributed by atoms with van der Waals surface area (Å²) in [4.78, 5) is 22.7. The average molecular weight is 342 g/mol. The molecule has 1 saturated heterocycles. The van der Waals surface area contributed by atoms with E-state index in [0.29, 0.717) is 18.7 Å². The molecule has 1 fully saturated rings. The van der Waals surface area contributed by atoms with Crippen LogP contribution in [0.3, 0.4) is 0 Å². The lowest BCUT2D eigenvalue weighted by Gasteiger charge is -2.35. The summed E-state index contributed by atoms with van der Waals surface area (Å²) in [6.07, 6.45) is 1.79. The van der Waals surface area contributed by atoms with E-state index in [9.17, 15) is 9.18 Å². The van der Waals surface area contributed by atoms with E-state index >= 15 is 0 Å². The molecule has 0 unspecified atom stereocenters. The van der Waals surface area contributed by atoms with Gasteiger partial charge in [-0.1, -0.05) is 24.3 Å². The van der Waals surface area contributed by atoms with Gasteiger partial charge in [0.05, 0.1) is 6.54 Å². The van der Waals surface area contributed by atoms with E-state index in [1.54, 1.807) is 36.3 Å². The summed E-state index contributed by atoms with van der Waals surface area (Å²) < 4.78 is 13.7. The van der Waals surface area contributed by atoms with E-state index in [-0.39, 0.29) is 11.7 Å². The van der Waals surface area contributed by atoms with Gasteiger partial charge < -0.3 is 9.80 Å². The zero-order valence-corrected chi connectivity index (χ0v) is 14.4. The molecule has 1 aliphatic rings. The molecule has 6 heteroatoms. The topological polar surface area (TPSA) is 39.7 Å². The second-order valence-electron chi connectivity index (χ2n) is 6.29. The highest BCUT2D eigenvalue weighted by Crippen LogP contribution is 2.13. The quantitative estimate of drug-likeness (QED) is 0.833. The summed E-state index contributed by atoms with van der Waals surface area (Å²) in [5.41, 5.74) is 0.540. The van der Waals surface area contributed by atoms with Gasteiger partial charge in [0.15, 0.2) is 0 Å². The molecule has 0 N–H and O–H groups in total. The van der Waals surface area contributed by atoms with Crippen molar-refractivity contribution in [3.8, 4) is 0 Å². The van der Waals surface area contributed by atoms with E-state index in [1.807, 2.05) is 18.2 Å². The Bertz CT molecular complexity index is 702. The largest absolute Gasteiger partial charge is 0.354 e. The number of benzene rings is 1. The number of aromatic nitrogens is 1. The van der Waals surface area contributed by atoms with Gasteiger partial charge in [0.2, 0.25) is 5.91 Å². The van der Waals surface area contributed by atoms with Gasteiger partial charge in [-0.05, 0) is 18.2 Å². The molecular formula is C19H23FN4O. The molecule has 0 radical (unpaired) electrons. The predicted octanol–water partition coefficient (Wildman–Crippen LogP) is 2.00. The molecular weight excluding hydrogens is 319 g/mol.